The third-order valence-electron chi connectivity index (χ3n) is 3.75. The number of rotatable bonds is 2. The van der Waals surface area contributed by atoms with Crippen LogP contribution < -0.4 is 11.2 Å². The van der Waals surface area contributed by atoms with Crippen LogP contribution in [-0.4, -0.2) is 18.0 Å². The van der Waals surface area contributed by atoms with Gasteiger partial charge >= 0.3 is 0 Å². The van der Waals surface area contributed by atoms with Gasteiger partial charge in [0.2, 0.25) is 5.96 Å². The van der Waals surface area contributed by atoms with Crippen molar-refractivity contribution < 1.29 is 0 Å². The van der Waals surface area contributed by atoms with Crippen LogP contribution in [0.5, 0.6) is 0 Å². The minimum atomic E-state index is 0.450. The van der Waals surface area contributed by atoms with E-state index in [1.54, 1.807) is 5.01 Å². The van der Waals surface area contributed by atoms with Crippen molar-refractivity contribution >= 4 is 17.4 Å². The fourth-order valence-electron chi connectivity index (χ4n) is 2.37. The van der Waals surface area contributed by atoms with Crippen LogP contribution in [-0.2, 0) is 0 Å². The summed E-state index contributed by atoms with van der Waals surface area (Å²) >= 11 is 0. The molecule has 22 heavy (non-hydrogen) atoms. The number of hydrazine groups is 1. The Morgan fingerprint density at radius 2 is 1.36 bits per heavy atom. The van der Waals surface area contributed by atoms with E-state index in [0.29, 0.717) is 5.96 Å². The molecule has 112 valence electrons. The third-order valence-corrected chi connectivity index (χ3v) is 3.75. The lowest BCUT2D eigenvalue weighted by molar-refractivity contribution is 0.435. The van der Waals surface area contributed by atoms with Gasteiger partial charge in [-0.05, 0) is 13.8 Å². The molecule has 4 nitrogen and oxygen atoms in total. The van der Waals surface area contributed by atoms with Crippen LogP contribution in [0.15, 0.2) is 53.5 Å². The van der Waals surface area contributed by atoms with Crippen molar-refractivity contribution in [3.63, 3.8) is 0 Å². The quantitative estimate of drug-likeness (QED) is 0.895. The average molecular weight is 292 g/mol. The molecule has 4 heteroatoms. The Labute approximate surface area is 130 Å². The Morgan fingerprint density at radius 3 is 1.91 bits per heavy atom. The van der Waals surface area contributed by atoms with Gasteiger partial charge in [-0.25, -0.2) is 4.99 Å². The predicted molar refractivity (Wildman–Crippen MR) is 91.7 cm³/mol. The second-order valence-electron chi connectivity index (χ2n) is 5.60. The molecule has 1 aliphatic rings. The molecule has 0 saturated heterocycles. The average Bonchev–Trinajstić information content (AvgIpc) is 2.51. The molecule has 0 fully saturated rings. The number of guanidine groups is 1. The van der Waals surface area contributed by atoms with E-state index >= 15 is 0 Å². The maximum absolute atomic E-state index is 5.98. The first kappa shape index (κ1) is 14.2. The number of hydrogen-bond donors (Lipinski definition) is 2. The lowest BCUT2D eigenvalue weighted by Gasteiger charge is -2.28. The van der Waals surface area contributed by atoms with E-state index in [1.807, 2.05) is 7.05 Å². The van der Waals surface area contributed by atoms with E-state index in [9.17, 15) is 0 Å². The molecule has 2 aromatic carbocycles. The van der Waals surface area contributed by atoms with Crippen molar-refractivity contribution in [2.75, 3.05) is 7.05 Å². The molecule has 0 bridgehead atoms. The Kier molecular flexibility index (Phi) is 3.59. The summed E-state index contributed by atoms with van der Waals surface area (Å²) in [6.45, 7) is 4.15. The maximum atomic E-state index is 5.98. The number of benzene rings is 2. The summed E-state index contributed by atoms with van der Waals surface area (Å²) in [5, 5.41) is 1.73. The molecule has 0 amide bonds. The molecule has 3 rings (SSSR count). The van der Waals surface area contributed by atoms with Crippen molar-refractivity contribution in [1.82, 2.24) is 10.4 Å². The van der Waals surface area contributed by atoms with Gasteiger partial charge in [0.05, 0.1) is 11.4 Å². The van der Waals surface area contributed by atoms with Gasteiger partial charge in [0, 0.05) is 18.2 Å². The van der Waals surface area contributed by atoms with E-state index < -0.39 is 0 Å². The van der Waals surface area contributed by atoms with Gasteiger partial charge in [0.15, 0.2) is 0 Å². The first-order valence-electron chi connectivity index (χ1n) is 7.27. The minimum absolute atomic E-state index is 0.450. The highest BCUT2D eigenvalue weighted by atomic mass is 15.6. The van der Waals surface area contributed by atoms with Crippen LogP contribution >= 0.6 is 0 Å². The molecule has 0 radical (unpaired) electrons. The van der Waals surface area contributed by atoms with Gasteiger partial charge in [0.1, 0.15) is 0 Å². The SMILES string of the molecule is Cc1ccc(C2=C(c3ccc(C)cc3)NN(C)C(N)=N2)cc1. The van der Waals surface area contributed by atoms with Crippen LogP contribution in [0.2, 0.25) is 0 Å². The fourth-order valence-corrected chi connectivity index (χ4v) is 2.37. The van der Waals surface area contributed by atoms with E-state index in [2.05, 4.69) is 72.8 Å². The van der Waals surface area contributed by atoms with Crippen LogP contribution in [0, 0.1) is 13.8 Å². The highest BCUT2D eigenvalue weighted by Gasteiger charge is 2.19. The zero-order valence-electron chi connectivity index (χ0n) is 13.1. The summed E-state index contributed by atoms with van der Waals surface area (Å²) in [5.74, 6) is 0.450. The van der Waals surface area contributed by atoms with E-state index in [0.717, 1.165) is 22.5 Å². The van der Waals surface area contributed by atoms with Gasteiger partial charge in [-0.2, -0.15) is 0 Å². The number of nitrogens with two attached hydrogens (primary N) is 1. The van der Waals surface area contributed by atoms with Crippen LogP contribution in [0.3, 0.4) is 0 Å². The van der Waals surface area contributed by atoms with Crippen molar-refractivity contribution in [2.45, 2.75) is 13.8 Å². The number of aliphatic imine (C=N–C) groups is 1. The predicted octanol–water partition coefficient (Wildman–Crippen LogP) is 2.89. The van der Waals surface area contributed by atoms with Crippen molar-refractivity contribution in [2.24, 2.45) is 10.7 Å². The second kappa shape index (κ2) is 5.56. The molecule has 0 saturated carbocycles. The molecule has 1 heterocycles. The number of aryl methyl sites for hydroxylation is 2. The summed E-state index contributed by atoms with van der Waals surface area (Å²) in [7, 11) is 1.86. The molecular formula is C18H20N4. The van der Waals surface area contributed by atoms with E-state index in [-0.39, 0.29) is 0 Å². The Bertz CT molecular complexity index is 740. The summed E-state index contributed by atoms with van der Waals surface area (Å²) in [6, 6.07) is 16.7. The molecule has 3 N–H and O–H groups in total. The first-order valence-corrected chi connectivity index (χ1v) is 7.27. The standard InChI is InChI=1S/C18H20N4/c1-12-4-8-14(9-5-12)16-17(21-22(3)18(19)20-16)15-10-6-13(2)7-11-15/h4-11,21H,1-3H3,(H2,19,20). The summed E-state index contributed by atoms with van der Waals surface area (Å²) in [5.41, 5.74) is 15.7. The zero-order valence-corrected chi connectivity index (χ0v) is 13.1. The fraction of sp³-hybridized carbons (Fsp3) is 0.167. The molecule has 2 aromatic rings. The van der Waals surface area contributed by atoms with Crippen molar-refractivity contribution in [3.8, 4) is 0 Å². The summed E-state index contributed by atoms with van der Waals surface area (Å²) in [6.07, 6.45) is 0. The smallest absolute Gasteiger partial charge is 0.215 e. The van der Waals surface area contributed by atoms with Crippen molar-refractivity contribution in [1.29, 1.82) is 0 Å². The highest BCUT2D eigenvalue weighted by Crippen LogP contribution is 2.28. The number of nitrogens with one attached hydrogen (secondary N) is 1. The third kappa shape index (κ3) is 2.68. The lowest BCUT2D eigenvalue weighted by Crippen LogP contribution is -2.45. The Balaban J connectivity index is 2.15. The van der Waals surface area contributed by atoms with Crippen LogP contribution in [0.1, 0.15) is 22.3 Å². The van der Waals surface area contributed by atoms with Gasteiger partial charge in [0.25, 0.3) is 0 Å². The normalized spacial score (nSPS) is 14.7. The van der Waals surface area contributed by atoms with E-state index in [4.69, 9.17) is 5.73 Å². The first-order chi connectivity index (χ1) is 10.5. The lowest BCUT2D eigenvalue weighted by atomic mass is 10.0. The van der Waals surface area contributed by atoms with Crippen molar-refractivity contribution in [3.05, 3.63) is 70.8 Å². The monoisotopic (exact) mass is 292 g/mol. The highest BCUT2D eigenvalue weighted by molar-refractivity contribution is 5.98. The second-order valence-corrected chi connectivity index (χ2v) is 5.60. The number of hydrogen-bond acceptors (Lipinski definition) is 4. The molecule has 0 aromatic heterocycles. The Morgan fingerprint density at radius 1 is 0.864 bits per heavy atom. The van der Waals surface area contributed by atoms with Gasteiger partial charge in [-0.3, -0.25) is 10.4 Å². The zero-order chi connectivity index (χ0) is 15.7. The summed E-state index contributed by atoms with van der Waals surface area (Å²) < 4.78 is 0. The molecule has 0 atom stereocenters. The van der Waals surface area contributed by atoms with Gasteiger partial charge in [-0.15, -0.1) is 0 Å². The molecule has 0 aliphatic carbocycles. The molecular weight excluding hydrogens is 272 g/mol. The van der Waals surface area contributed by atoms with Crippen LogP contribution in [0.4, 0.5) is 0 Å². The van der Waals surface area contributed by atoms with E-state index in [1.165, 1.54) is 11.1 Å². The maximum Gasteiger partial charge on any atom is 0.215 e. The Hall–Kier alpha value is -2.75. The largest absolute Gasteiger partial charge is 0.368 e. The topological polar surface area (TPSA) is 53.6 Å². The summed E-state index contributed by atoms with van der Waals surface area (Å²) in [4.78, 5) is 4.58. The molecule has 0 unspecified atom stereocenters. The molecule has 1 aliphatic heterocycles. The molecule has 0 spiro atoms. The van der Waals surface area contributed by atoms with Gasteiger partial charge < -0.3 is 5.73 Å². The van der Waals surface area contributed by atoms with Crippen LogP contribution in [0.25, 0.3) is 11.4 Å². The minimum Gasteiger partial charge on any atom is -0.368 e. The van der Waals surface area contributed by atoms with Gasteiger partial charge in [-0.1, -0.05) is 59.7 Å². The number of nitrogens with zero attached hydrogens (tertiary/aromatic N) is 2.